The Bertz CT molecular complexity index is 519. The molecule has 2 nitrogen and oxygen atoms in total. The summed E-state index contributed by atoms with van der Waals surface area (Å²) in [5, 5.41) is 0.864. The Morgan fingerprint density at radius 2 is 2.18 bits per heavy atom. The standard InChI is InChI=1S/C14H13ClO2/c1-8(16)17-11-7-6-9-4-2-3-5-10(9)12-13(11)14(12)15/h2-5,11-12H,6-7H2,1H3/t11-,12-/m1/s1. The van der Waals surface area contributed by atoms with Crippen LogP contribution >= 0.6 is 11.6 Å². The summed E-state index contributed by atoms with van der Waals surface area (Å²) in [6.45, 7) is 1.45. The molecule has 0 N–H and O–H groups in total. The minimum absolute atomic E-state index is 0.127. The van der Waals surface area contributed by atoms with Crippen molar-refractivity contribution in [2.24, 2.45) is 0 Å². The van der Waals surface area contributed by atoms with Gasteiger partial charge < -0.3 is 4.74 Å². The Morgan fingerprint density at radius 1 is 1.41 bits per heavy atom. The zero-order valence-corrected chi connectivity index (χ0v) is 10.3. The lowest BCUT2D eigenvalue weighted by molar-refractivity contribution is -0.144. The van der Waals surface area contributed by atoms with Crippen LogP contribution in [0.15, 0.2) is 34.9 Å². The highest BCUT2D eigenvalue weighted by Gasteiger charge is 2.45. The van der Waals surface area contributed by atoms with Gasteiger partial charge in [0, 0.05) is 17.9 Å². The summed E-state index contributed by atoms with van der Waals surface area (Å²) < 4.78 is 5.35. The molecule has 3 heteroatoms. The van der Waals surface area contributed by atoms with Crippen LogP contribution in [0.1, 0.15) is 30.4 Å². The van der Waals surface area contributed by atoms with Gasteiger partial charge in [0.15, 0.2) is 0 Å². The van der Waals surface area contributed by atoms with E-state index in [0.29, 0.717) is 0 Å². The second-order valence-corrected chi connectivity index (χ2v) is 4.98. The molecular weight excluding hydrogens is 236 g/mol. The first-order chi connectivity index (χ1) is 8.18. The van der Waals surface area contributed by atoms with Gasteiger partial charge in [0.1, 0.15) is 6.10 Å². The highest BCUT2D eigenvalue weighted by Crippen LogP contribution is 2.55. The van der Waals surface area contributed by atoms with Gasteiger partial charge in [-0.15, -0.1) is 0 Å². The molecule has 2 atom stereocenters. The van der Waals surface area contributed by atoms with Crippen LogP contribution in [0.25, 0.3) is 0 Å². The van der Waals surface area contributed by atoms with Crippen LogP contribution in [0.2, 0.25) is 0 Å². The first-order valence-electron chi connectivity index (χ1n) is 5.83. The van der Waals surface area contributed by atoms with E-state index in [4.69, 9.17) is 16.3 Å². The molecule has 0 spiro atoms. The Morgan fingerprint density at radius 3 is 2.94 bits per heavy atom. The molecule has 0 aliphatic heterocycles. The maximum Gasteiger partial charge on any atom is 0.303 e. The lowest BCUT2D eigenvalue weighted by atomic mass is 10.0. The van der Waals surface area contributed by atoms with Crippen LogP contribution in [-0.2, 0) is 16.0 Å². The fraction of sp³-hybridized carbons (Fsp3) is 0.357. The number of hydrogen-bond donors (Lipinski definition) is 0. The normalized spacial score (nSPS) is 25.8. The summed E-state index contributed by atoms with van der Waals surface area (Å²) in [4.78, 5) is 11.1. The zero-order chi connectivity index (χ0) is 12.0. The number of carbonyl (C=O) groups is 1. The third-order valence-electron chi connectivity index (χ3n) is 3.45. The quantitative estimate of drug-likeness (QED) is 0.714. The fourth-order valence-corrected chi connectivity index (χ4v) is 3.07. The molecule has 2 aliphatic rings. The number of carbonyl (C=O) groups excluding carboxylic acids is 1. The summed E-state index contributed by atoms with van der Waals surface area (Å²) in [5.41, 5.74) is 3.70. The molecule has 0 radical (unpaired) electrons. The van der Waals surface area contributed by atoms with Gasteiger partial charge in [-0.1, -0.05) is 35.9 Å². The van der Waals surface area contributed by atoms with Crippen molar-refractivity contribution in [3.8, 4) is 0 Å². The smallest absolute Gasteiger partial charge is 0.303 e. The van der Waals surface area contributed by atoms with Gasteiger partial charge >= 0.3 is 5.97 Å². The van der Waals surface area contributed by atoms with Gasteiger partial charge in [-0.05, 0) is 29.5 Å². The summed E-state index contributed by atoms with van der Waals surface area (Å²) in [7, 11) is 0. The van der Waals surface area contributed by atoms with Crippen LogP contribution in [-0.4, -0.2) is 12.1 Å². The summed E-state index contributed by atoms with van der Waals surface area (Å²) >= 11 is 6.22. The van der Waals surface area contributed by atoms with Crippen molar-refractivity contribution in [2.75, 3.05) is 0 Å². The third-order valence-corrected chi connectivity index (χ3v) is 3.89. The van der Waals surface area contributed by atoms with Crippen LogP contribution in [0, 0.1) is 0 Å². The number of hydrogen-bond acceptors (Lipinski definition) is 2. The van der Waals surface area contributed by atoms with Crippen LogP contribution in [0.4, 0.5) is 0 Å². The van der Waals surface area contributed by atoms with Crippen molar-refractivity contribution in [1.29, 1.82) is 0 Å². The zero-order valence-electron chi connectivity index (χ0n) is 9.57. The number of ether oxygens (including phenoxy) is 1. The fourth-order valence-electron chi connectivity index (χ4n) is 2.66. The first kappa shape index (κ1) is 10.8. The number of benzene rings is 1. The molecule has 0 saturated heterocycles. The lowest BCUT2D eigenvalue weighted by Crippen LogP contribution is -2.15. The monoisotopic (exact) mass is 248 g/mol. The van der Waals surface area contributed by atoms with E-state index in [1.54, 1.807) is 0 Å². The first-order valence-corrected chi connectivity index (χ1v) is 6.20. The minimum atomic E-state index is -0.233. The van der Waals surface area contributed by atoms with Crippen molar-refractivity contribution in [3.05, 3.63) is 46.0 Å². The highest BCUT2D eigenvalue weighted by molar-refractivity contribution is 6.34. The second kappa shape index (κ2) is 3.88. The van der Waals surface area contributed by atoms with E-state index in [1.807, 2.05) is 12.1 Å². The van der Waals surface area contributed by atoms with Gasteiger partial charge in [-0.3, -0.25) is 4.79 Å². The van der Waals surface area contributed by atoms with Crippen molar-refractivity contribution >= 4 is 17.6 Å². The van der Waals surface area contributed by atoms with E-state index in [-0.39, 0.29) is 18.0 Å². The van der Waals surface area contributed by atoms with Crippen molar-refractivity contribution in [3.63, 3.8) is 0 Å². The molecule has 0 bridgehead atoms. The van der Waals surface area contributed by atoms with Gasteiger partial charge in [-0.25, -0.2) is 0 Å². The van der Waals surface area contributed by atoms with Crippen molar-refractivity contribution < 1.29 is 9.53 Å². The molecule has 3 rings (SSSR count). The SMILES string of the molecule is CC(=O)O[C@@H]1CCc2ccccc2[C@H]2C(Cl)=C21. The molecular formula is C14H13ClO2. The van der Waals surface area contributed by atoms with E-state index < -0.39 is 0 Å². The number of halogens is 1. The largest absolute Gasteiger partial charge is 0.458 e. The maximum atomic E-state index is 11.1. The number of allylic oxidation sites excluding steroid dienone is 1. The molecule has 0 fully saturated rings. The van der Waals surface area contributed by atoms with Gasteiger partial charge in [0.2, 0.25) is 0 Å². The van der Waals surface area contributed by atoms with E-state index in [2.05, 4.69) is 12.1 Å². The van der Waals surface area contributed by atoms with E-state index in [1.165, 1.54) is 18.1 Å². The predicted octanol–water partition coefficient (Wildman–Crippen LogP) is 3.15. The second-order valence-electron chi connectivity index (χ2n) is 4.57. The Hall–Kier alpha value is -1.28. The summed E-state index contributed by atoms with van der Waals surface area (Å²) in [5.74, 6) is -0.0247. The number of rotatable bonds is 1. The number of fused-ring (bicyclic) bond motifs is 3. The third kappa shape index (κ3) is 1.77. The summed E-state index contributed by atoms with van der Waals surface area (Å²) in [6, 6.07) is 8.32. The molecule has 0 unspecified atom stereocenters. The Kier molecular flexibility index (Phi) is 2.48. The predicted molar refractivity (Wildman–Crippen MR) is 65.9 cm³/mol. The lowest BCUT2D eigenvalue weighted by Gasteiger charge is -2.12. The van der Waals surface area contributed by atoms with Crippen molar-refractivity contribution in [2.45, 2.75) is 31.8 Å². The molecule has 17 heavy (non-hydrogen) atoms. The summed E-state index contributed by atoms with van der Waals surface area (Å²) in [6.07, 6.45) is 1.65. The molecule has 0 heterocycles. The molecule has 0 saturated carbocycles. The molecule has 0 aromatic heterocycles. The van der Waals surface area contributed by atoms with Crippen LogP contribution in [0.5, 0.6) is 0 Å². The van der Waals surface area contributed by atoms with Gasteiger partial charge in [0.25, 0.3) is 0 Å². The average Bonchev–Trinajstić information content (AvgIpc) is 2.98. The minimum Gasteiger partial charge on any atom is -0.458 e. The van der Waals surface area contributed by atoms with E-state index in [9.17, 15) is 4.79 Å². The molecule has 2 aliphatic carbocycles. The Balaban J connectivity index is 1.93. The van der Waals surface area contributed by atoms with Gasteiger partial charge in [-0.2, -0.15) is 0 Å². The van der Waals surface area contributed by atoms with Crippen molar-refractivity contribution in [1.82, 2.24) is 0 Å². The molecule has 1 aromatic rings. The Labute approximate surface area is 105 Å². The van der Waals surface area contributed by atoms with Crippen LogP contribution < -0.4 is 0 Å². The average molecular weight is 249 g/mol. The number of aryl methyl sites for hydroxylation is 1. The van der Waals surface area contributed by atoms with E-state index >= 15 is 0 Å². The number of esters is 1. The van der Waals surface area contributed by atoms with E-state index in [0.717, 1.165) is 23.4 Å². The topological polar surface area (TPSA) is 26.3 Å². The van der Waals surface area contributed by atoms with Crippen LogP contribution in [0.3, 0.4) is 0 Å². The highest BCUT2D eigenvalue weighted by atomic mass is 35.5. The van der Waals surface area contributed by atoms with Gasteiger partial charge in [0.05, 0.1) is 0 Å². The molecule has 0 amide bonds. The molecule has 1 aromatic carbocycles. The maximum absolute atomic E-state index is 11.1. The molecule has 88 valence electrons.